The van der Waals surface area contributed by atoms with Crippen LogP contribution in [0.3, 0.4) is 0 Å². The molecule has 0 amide bonds. The number of rotatable bonds is 5. The van der Waals surface area contributed by atoms with E-state index in [9.17, 15) is 0 Å². The minimum absolute atomic E-state index is 0. The highest BCUT2D eigenvalue weighted by atomic mass is 35.5. The molecule has 1 aromatic carbocycles. The van der Waals surface area contributed by atoms with Gasteiger partial charge in [-0.1, -0.05) is 28.9 Å². The normalized spacial score (nSPS) is 18.6. The van der Waals surface area contributed by atoms with Gasteiger partial charge in [-0.25, -0.2) is 0 Å². The van der Waals surface area contributed by atoms with Crippen LogP contribution < -0.4 is 5.32 Å². The van der Waals surface area contributed by atoms with Crippen molar-refractivity contribution in [3.8, 4) is 11.4 Å². The lowest BCUT2D eigenvalue weighted by atomic mass is 9.98. The van der Waals surface area contributed by atoms with Crippen LogP contribution >= 0.6 is 24.0 Å². The zero-order valence-electron chi connectivity index (χ0n) is 13.2. The Morgan fingerprint density at radius 3 is 3.09 bits per heavy atom. The summed E-state index contributed by atoms with van der Waals surface area (Å²) in [6.45, 7) is 3.95. The maximum absolute atomic E-state index is 6.00. The van der Waals surface area contributed by atoms with Gasteiger partial charge in [-0.05, 0) is 51.0 Å². The predicted molar refractivity (Wildman–Crippen MR) is 93.9 cm³/mol. The molecule has 1 saturated heterocycles. The van der Waals surface area contributed by atoms with Gasteiger partial charge in [0.2, 0.25) is 11.7 Å². The van der Waals surface area contributed by atoms with Crippen molar-refractivity contribution < 1.29 is 4.52 Å². The summed E-state index contributed by atoms with van der Waals surface area (Å²) in [4.78, 5) is 6.88. The van der Waals surface area contributed by atoms with E-state index in [-0.39, 0.29) is 12.4 Å². The van der Waals surface area contributed by atoms with Crippen LogP contribution in [0.2, 0.25) is 5.02 Å². The second kappa shape index (κ2) is 8.64. The molecule has 0 radical (unpaired) electrons. The van der Waals surface area contributed by atoms with E-state index in [0.29, 0.717) is 29.2 Å². The molecule has 7 heteroatoms. The molecular formula is C16H22Cl2N4O. The van der Waals surface area contributed by atoms with Crippen LogP contribution in [0.4, 0.5) is 0 Å². The van der Waals surface area contributed by atoms with Gasteiger partial charge in [0.15, 0.2) is 0 Å². The van der Waals surface area contributed by atoms with E-state index in [1.54, 1.807) is 0 Å². The summed E-state index contributed by atoms with van der Waals surface area (Å²) >= 11 is 6.00. The Balaban J connectivity index is 0.00000192. The van der Waals surface area contributed by atoms with Gasteiger partial charge in [0.1, 0.15) is 0 Å². The van der Waals surface area contributed by atoms with Crippen molar-refractivity contribution in [2.45, 2.75) is 19.4 Å². The molecule has 2 aromatic rings. The average molecular weight is 357 g/mol. The Kier molecular flexibility index (Phi) is 6.84. The highest BCUT2D eigenvalue weighted by Gasteiger charge is 2.21. The topological polar surface area (TPSA) is 54.2 Å². The van der Waals surface area contributed by atoms with Gasteiger partial charge in [-0.2, -0.15) is 4.98 Å². The first kappa shape index (κ1) is 18.2. The molecule has 1 aromatic heterocycles. The van der Waals surface area contributed by atoms with Crippen LogP contribution in [0.25, 0.3) is 11.4 Å². The fourth-order valence-electron chi connectivity index (χ4n) is 3.01. The van der Waals surface area contributed by atoms with E-state index >= 15 is 0 Å². The maximum Gasteiger partial charge on any atom is 0.241 e. The first-order chi connectivity index (χ1) is 10.7. The Morgan fingerprint density at radius 2 is 2.30 bits per heavy atom. The van der Waals surface area contributed by atoms with Crippen LogP contribution in [-0.2, 0) is 6.54 Å². The second-order valence-corrected chi connectivity index (χ2v) is 6.26. The Labute approximate surface area is 147 Å². The average Bonchev–Trinajstić information content (AvgIpc) is 2.96. The van der Waals surface area contributed by atoms with Crippen molar-refractivity contribution in [3.63, 3.8) is 0 Å². The van der Waals surface area contributed by atoms with Crippen molar-refractivity contribution in [2.75, 3.05) is 26.7 Å². The summed E-state index contributed by atoms with van der Waals surface area (Å²) in [7, 11) is 2.01. The molecule has 1 atom stereocenters. The molecule has 1 aliphatic heterocycles. The van der Waals surface area contributed by atoms with Crippen molar-refractivity contribution in [2.24, 2.45) is 5.92 Å². The third kappa shape index (κ3) is 4.91. The van der Waals surface area contributed by atoms with Gasteiger partial charge in [-0.15, -0.1) is 12.4 Å². The largest absolute Gasteiger partial charge is 0.338 e. The number of likely N-dealkylation sites (tertiary alicyclic amines) is 1. The van der Waals surface area contributed by atoms with Gasteiger partial charge in [-0.3, -0.25) is 4.90 Å². The fraction of sp³-hybridized carbons (Fsp3) is 0.500. The first-order valence-corrected chi connectivity index (χ1v) is 8.08. The molecule has 0 aliphatic carbocycles. The van der Waals surface area contributed by atoms with Crippen molar-refractivity contribution in [1.29, 1.82) is 0 Å². The smallest absolute Gasteiger partial charge is 0.241 e. The SMILES string of the molecule is CNCC1CCCN(Cc2nc(-c3cccc(Cl)c3)no2)C1.Cl. The van der Waals surface area contributed by atoms with E-state index in [0.717, 1.165) is 25.2 Å². The molecule has 0 bridgehead atoms. The van der Waals surface area contributed by atoms with Gasteiger partial charge in [0.05, 0.1) is 6.54 Å². The summed E-state index contributed by atoms with van der Waals surface area (Å²) in [6, 6.07) is 7.51. The molecule has 0 spiro atoms. The minimum Gasteiger partial charge on any atom is -0.338 e. The second-order valence-electron chi connectivity index (χ2n) is 5.82. The maximum atomic E-state index is 6.00. The first-order valence-electron chi connectivity index (χ1n) is 7.70. The molecule has 3 rings (SSSR count). The van der Waals surface area contributed by atoms with Gasteiger partial charge in [0, 0.05) is 17.1 Å². The number of aromatic nitrogens is 2. The highest BCUT2D eigenvalue weighted by molar-refractivity contribution is 6.30. The van der Waals surface area contributed by atoms with Crippen molar-refractivity contribution in [3.05, 3.63) is 35.2 Å². The molecule has 5 nitrogen and oxygen atoms in total. The highest BCUT2D eigenvalue weighted by Crippen LogP contribution is 2.21. The van der Waals surface area contributed by atoms with Crippen LogP contribution in [0.5, 0.6) is 0 Å². The molecule has 1 N–H and O–H groups in total. The van der Waals surface area contributed by atoms with E-state index in [1.807, 2.05) is 31.3 Å². The monoisotopic (exact) mass is 356 g/mol. The number of nitrogens with one attached hydrogen (secondary N) is 1. The van der Waals surface area contributed by atoms with Gasteiger partial charge in [0.25, 0.3) is 0 Å². The van der Waals surface area contributed by atoms with Gasteiger partial charge >= 0.3 is 0 Å². The molecule has 1 unspecified atom stereocenters. The molecule has 2 heterocycles. The summed E-state index contributed by atoms with van der Waals surface area (Å²) in [5.41, 5.74) is 0.884. The summed E-state index contributed by atoms with van der Waals surface area (Å²) in [6.07, 6.45) is 2.51. The lowest BCUT2D eigenvalue weighted by molar-refractivity contribution is 0.149. The lowest BCUT2D eigenvalue weighted by Gasteiger charge is -2.31. The zero-order valence-corrected chi connectivity index (χ0v) is 14.7. The molecule has 126 valence electrons. The van der Waals surface area contributed by atoms with Crippen molar-refractivity contribution >= 4 is 24.0 Å². The van der Waals surface area contributed by atoms with E-state index in [1.165, 1.54) is 12.8 Å². The number of piperidine rings is 1. The summed E-state index contributed by atoms with van der Waals surface area (Å²) in [5.74, 6) is 1.97. The predicted octanol–water partition coefficient (Wildman–Crippen LogP) is 3.24. The standard InChI is InChI=1S/C16H21ClN4O.ClH/c1-18-9-12-4-3-7-21(10-12)11-15-19-16(20-22-15)13-5-2-6-14(17)8-13;/h2,5-6,8,12,18H,3-4,7,9-11H2,1H3;1H. The van der Waals surface area contributed by atoms with Crippen LogP contribution in [0.1, 0.15) is 18.7 Å². The molecule has 1 aliphatic rings. The summed E-state index contributed by atoms with van der Waals surface area (Å²) in [5, 5.41) is 8.00. The van der Waals surface area contributed by atoms with E-state index < -0.39 is 0 Å². The van der Waals surface area contributed by atoms with E-state index in [2.05, 4.69) is 20.4 Å². The number of nitrogens with zero attached hydrogens (tertiary/aromatic N) is 3. The minimum atomic E-state index is 0. The van der Waals surface area contributed by atoms with E-state index in [4.69, 9.17) is 16.1 Å². The third-order valence-corrected chi connectivity index (χ3v) is 4.24. The number of hydrogen-bond acceptors (Lipinski definition) is 5. The molecule has 1 fully saturated rings. The van der Waals surface area contributed by atoms with Crippen molar-refractivity contribution in [1.82, 2.24) is 20.4 Å². The third-order valence-electron chi connectivity index (χ3n) is 4.01. The van der Waals surface area contributed by atoms with Crippen LogP contribution in [0.15, 0.2) is 28.8 Å². The lowest BCUT2D eigenvalue weighted by Crippen LogP contribution is -2.38. The Morgan fingerprint density at radius 1 is 1.43 bits per heavy atom. The van der Waals surface area contributed by atoms with Gasteiger partial charge < -0.3 is 9.84 Å². The number of halogens is 2. The Bertz CT molecular complexity index is 618. The zero-order chi connectivity index (χ0) is 15.4. The quantitative estimate of drug-likeness (QED) is 0.890. The summed E-state index contributed by atoms with van der Waals surface area (Å²) < 4.78 is 5.40. The van der Waals surface area contributed by atoms with Crippen LogP contribution in [0, 0.1) is 5.92 Å². The molecular weight excluding hydrogens is 335 g/mol. The Hall–Kier alpha value is -1.14. The molecule has 0 saturated carbocycles. The fourth-order valence-corrected chi connectivity index (χ4v) is 3.20. The number of benzene rings is 1. The number of hydrogen-bond donors (Lipinski definition) is 1. The van der Waals surface area contributed by atoms with Crippen LogP contribution in [-0.4, -0.2) is 41.7 Å². The molecule has 23 heavy (non-hydrogen) atoms.